The van der Waals surface area contributed by atoms with Crippen LogP contribution in [0, 0.1) is 11.6 Å². The van der Waals surface area contributed by atoms with E-state index in [9.17, 15) is 38.2 Å². The Balaban J connectivity index is 1.86. The number of carbonyl (C=O) groups excluding carboxylic acids is 2. The fraction of sp³-hybridized carbons (Fsp3) is 0.0435. The van der Waals surface area contributed by atoms with E-state index >= 15 is 0 Å². The van der Waals surface area contributed by atoms with Gasteiger partial charge in [0.2, 0.25) is 0 Å². The first-order chi connectivity index (χ1) is 16.1. The van der Waals surface area contributed by atoms with Gasteiger partial charge in [-0.3, -0.25) is 9.59 Å². The first kappa shape index (κ1) is 23.9. The summed E-state index contributed by atoms with van der Waals surface area (Å²) in [6, 6.07) is 9.35. The molecule has 0 aliphatic rings. The molecule has 0 heterocycles. The van der Waals surface area contributed by atoms with Crippen molar-refractivity contribution in [1.82, 2.24) is 0 Å². The van der Waals surface area contributed by atoms with Gasteiger partial charge >= 0.3 is 11.9 Å². The van der Waals surface area contributed by atoms with Crippen LogP contribution in [0.1, 0.15) is 41.4 Å². The third-order valence-corrected chi connectivity index (χ3v) is 4.63. The lowest BCUT2D eigenvalue weighted by Crippen LogP contribution is -2.18. The minimum atomic E-state index is -1.45. The predicted octanol–water partition coefficient (Wildman–Crippen LogP) is 3.87. The molecule has 3 aromatic rings. The zero-order chi connectivity index (χ0) is 25.0. The maximum atomic E-state index is 13.4. The Hall–Kier alpha value is -4.80. The van der Waals surface area contributed by atoms with E-state index in [-0.39, 0.29) is 28.3 Å². The van der Waals surface area contributed by atoms with Crippen LogP contribution in [-0.4, -0.2) is 41.1 Å². The number of anilines is 2. The normalized spacial score (nSPS) is 10.3. The molecule has 0 spiro atoms. The van der Waals surface area contributed by atoms with Gasteiger partial charge in [-0.1, -0.05) is 0 Å². The lowest BCUT2D eigenvalue weighted by atomic mass is 10.1. The van der Waals surface area contributed by atoms with E-state index in [2.05, 4.69) is 10.6 Å². The number of carboxylic acids is 2. The van der Waals surface area contributed by atoms with E-state index in [1.54, 1.807) is 0 Å². The second kappa shape index (κ2) is 9.77. The van der Waals surface area contributed by atoms with Crippen molar-refractivity contribution in [3.63, 3.8) is 0 Å². The number of ether oxygens (including phenoxy) is 1. The number of carboxylic acid groups (broad SMARTS) is 2. The van der Waals surface area contributed by atoms with Gasteiger partial charge in [-0.2, -0.15) is 0 Å². The van der Waals surface area contributed by atoms with Crippen LogP contribution in [-0.2, 0) is 0 Å². The van der Waals surface area contributed by atoms with Crippen molar-refractivity contribution in [2.45, 2.75) is 0 Å². The summed E-state index contributed by atoms with van der Waals surface area (Å²) in [4.78, 5) is 47.9. The molecule has 0 aromatic heterocycles. The number of methoxy groups -OCH3 is 1. The SMILES string of the molecule is COc1cc(C(=O)Nc2ccc(F)cc2C(=O)O)ccc1C(=O)Nc1ccc(F)cc1C(=O)O. The number of rotatable bonds is 7. The van der Waals surface area contributed by atoms with Crippen molar-refractivity contribution in [3.05, 3.63) is 88.5 Å². The molecule has 0 unspecified atom stereocenters. The molecular weight excluding hydrogens is 454 g/mol. The number of amides is 2. The lowest BCUT2D eigenvalue weighted by Gasteiger charge is -2.13. The van der Waals surface area contributed by atoms with Gasteiger partial charge in [0.05, 0.1) is 35.2 Å². The molecule has 0 aliphatic heterocycles. The maximum absolute atomic E-state index is 13.4. The van der Waals surface area contributed by atoms with E-state index in [1.807, 2.05) is 0 Å². The molecule has 0 radical (unpaired) electrons. The Bertz CT molecular complexity index is 1320. The third-order valence-electron chi connectivity index (χ3n) is 4.63. The van der Waals surface area contributed by atoms with Crippen LogP contribution in [0.3, 0.4) is 0 Å². The molecule has 3 aromatic carbocycles. The van der Waals surface area contributed by atoms with Crippen LogP contribution in [0.4, 0.5) is 20.2 Å². The van der Waals surface area contributed by atoms with Gasteiger partial charge in [-0.25, -0.2) is 18.4 Å². The second-order valence-electron chi connectivity index (χ2n) is 6.81. The van der Waals surface area contributed by atoms with Gasteiger partial charge < -0.3 is 25.6 Å². The number of nitrogens with one attached hydrogen (secondary N) is 2. The van der Waals surface area contributed by atoms with Crippen LogP contribution in [0.15, 0.2) is 54.6 Å². The minimum absolute atomic E-state index is 0.0120. The van der Waals surface area contributed by atoms with Gasteiger partial charge in [0.1, 0.15) is 17.4 Å². The lowest BCUT2D eigenvalue weighted by molar-refractivity contribution is 0.0686. The van der Waals surface area contributed by atoms with E-state index in [0.717, 1.165) is 36.4 Å². The topological polar surface area (TPSA) is 142 Å². The number of hydrogen-bond donors (Lipinski definition) is 4. The highest BCUT2D eigenvalue weighted by Gasteiger charge is 2.20. The van der Waals surface area contributed by atoms with Crippen molar-refractivity contribution < 1.29 is 42.9 Å². The number of benzene rings is 3. The molecule has 0 fully saturated rings. The smallest absolute Gasteiger partial charge is 0.337 e. The summed E-state index contributed by atoms with van der Waals surface area (Å²) in [5.74, 6) is -6.08. The van der Waals surface area contributed by atoms with Gasteiger partial charge in [0.25, 0.3) is 11.8 Å². The highest BCUT2D eigenvalue weighted by atomic mass is 19.1. The van der Waals surface area contributed by atoms with Crippen LogP contribution >= 0.6 is 0 Å². The third kappa shape index (κ3) is 5.15. The molecule has 174 valence electrons. The molecule has 9 nitrogen and oxygen atoms in total. The van der Waals surface area contributed by atoms with Crippen LogP contribution in [0.5, 0.6) is 5.75 Å². The van der Waals surface area contributed by atoms with Crippen molar-refractivity contribution in [3.8, 4) is 5.75 Å². The number of hydrogen-bond acceptors (Lipinski definition) is 5. The Morgan fingerprint density at radius 1 is 0.706 bits per heavy atom. The van der Waals surface area contributed by atoms with Gasteiger partial charge in [-0.05, 0) is 54.6 Å². The number of carbonyl (C=O) groups is 4. The molecule has 0 saturated carbocycles. The van der Waals surface area contributed by atoms with Crippen LogP contribution < -0.4 is 15.4 Å². The fourth-order valence-electron chi connectivity index (χ4n) is 3.01. The summed E-state index contributed by atoms with van der Waals surface area (Å²) in [6.45, 7) is 0. The van der Waals surface area contributed by atoms with E-state index in [0.29, 0.717) is 0 Å². The Kier molecular flexibility index (Phi) is 6.86. The molecule has 0 aliphatic carbocycles. The average molecular weight is 470 g/mol. The van der Waals surface area contributed by atoms with Gasteiger partial charge in [0.15, 0.2) is 0 Å². The van der Waals surface area contributed by atoms with Crippen molar-refractivity contribution >= 4 is 35.1 Å². The first-order valence-electron chi connectivity index (χ1n) is 9.47. The average Bonchev–Trinajstić information content (AvgIpc) is 2.80. The zero-order valence-electron chi connectivity index (χ0n) is 17.4. The van der Waals surface area contributed by atoms with Crippen LogP contribution in [0.25, 0.3) is 0 Å². The summed E-state index contributed by atoms with van der Waals surface area (Å²) in [7, 11) is 1.23. The van der Waals surface area contributed by atoms with Crippen LogP contribution in [0.2, 0.25) is 0 Å². The zero-order valence-corrected chi connectivity index (χ0v) is 17.4. The first-order valence-corrected chi connectivity index (χ1v) is 9.47. The standard InChI is InChI=1S/C23H16F2N2O7/c1-34-19-8-11(20(28)26-17-6-3-12(24)9-15(17)22(30)31)2-5-14(19)21(29)27-18-7-4-13(25)10-16(18)23(32)33/h2-10H,1H3,(H,26,28)(H,27,29)(H,30,31)(H,32,33). The molecule has 34 heavy (non-hydrogen) atoms. The molecule has 0 saturated heterocycles. The molecule has 4 N–H and O–H groups in total. The van der Waals surface area contributed by atoms with Crippen molar-refractivity contribution in [1.29, 1.82) is 0 Å². The molecule has 0 atom stereocenters. The minimum Gasteiger partial charge on any atom is -0.496 e. The molecule has 3 rings (SSSR count). The Morgan fingerprint density at radius 2 is 1.21 bits per heavy atom. The number of aromatic carboxylic acids is 2. The molecule has 0 bridgehead atoms. The highest BCUT2D eigenvalue weighted by molar-refractivity contribution is 6.11. The summed E-state index contributed by atoms with van der Waals surface area (Å²) >= 11 is 0. The summed E-state index contributed by atoms with van der Waals surface area (Å²) < 4.78 is 31.9. The monoisotopic (exact) mass is 470 g/mol. The molecule has 11 heteroatoms. The van der Waals surface area contributed by atoms with E-state index in [1.165, 1.54) is 25.3 Å². The second-order valence-corrected chi connectivity index (χ2v) is 6.81. The Labute approximate surface area is 190 Å². The molecule has 2 amide bonds. The van der Waals surface area contributed by atoms with Crippen molar-refractivity contribution in [2.24, 2.45) is 0 Å². The van der Waals surface area contributed by atoms with E-state index < -0.39 is 46.5 Å². The summed E-state index contributed by atoms with van der Waals surface area (Å²) in [5, 5.41) is 23.1. The maximum Gasteiger partial charge on any atom is 0.337 e. The summed E-state index contributed by atoms with van der Waals surface area (Å²) in [5.41, 5.74) is -1.28. The van der Waals surface area contributed by atoms with E-state index in [4.69, 9.17) is 4.74 Å². The fourth-order valence-corrected chi connectivity index (χ4v) is 3.01. The van der Waals surface area contributed by atoms with Gasteiger partial charge in [-0.15, -0.1) is 0 Å². The van der Waals surface area contributed by atoms with Gasteiger partial charge in [0, 0.05) is 5.56 Å². The largest absolute Gasteiger partial charge is 0.496 e. The quantitative estimate of drug-likeness (QED) is 0.411. The Morgan fingerprint density at radius 3 is 1.68 bits per heavy atom. The molecular formula is C23H16F2N2O7. The van der Waals surface area contributed by atoms with Crippen molar-refractivity contribution in [2.75, 3.05) is 17.7 Å². The number of halogens is 2. The predicted molar refractivity (Wildman–Crippen MR) is 116 cm³/mol. The summed E-state index contributed by atoms with van der Waals surface area (Å²) in [6.07, 6.45) is 0. The highest BCUT2D eigenvalue weighted by Crippen LogP contribution is 2.25.